The van der Waals surface area contributed by atoms with Crippen LogP contribution in [0.15, 0.2) is 30.5 Å². The van der Waals surface area contributed by atoms with E-state index in [2.05, 4.69) is 18.1 Å². The van der Waals surface area contributed by atoms with Crippen molar-refractivity contribution in [2.75, 3.05) is 0 Å². The van der Waals surface area contributed by atoms with Crippen molar-refractivity contribution in [1.29, 1.82) is 0 Å². The Bertz CT molecular complexity index is 387. The van der Waals surface area contributed by atoms with E-state index in [1.807, 2.05) is 42.1 Å². The predicted molar refractivity (Wildman–Crippen MR) is 51.9 cm³/mol. The Morgan fingerprint density at radius 2 is 2.07 bits per heavy atom. The first kappa shape index (κ1) is 11.2. The zero-order valence-corrected chi connectivity index (χ0v) is 10.4. The van der Waals surface area contributed by atoms with Crippen molar-refractivity contribution in [2.24, 2.45) is 0 Å². The second-order valence-electron chi connectivity index (χ2n) is 3.09. The van der Waals surface area contributed by atoms with Crippen LogP contribution in [0.1, 0.15) is 11.3 Å². The zero-order chi connectivity index (χ0) is 9.26. The number of hydrogen-bond acceptors (Lipinski definition) is 1. The molecule has 0 aliphatic rings. The van der Waals surface area contributed by atoms with E-state index in [-0.39, 0.29) is 21.1 Å². The number of aryl methyl sites for hydroxylation is 2. The van der Waals surface area contributed by atoms with Crippen LogP contribution in [-0.4, -0.2) is 9.78 Å². The van der Waals surface area contributed by atoms with Crippen molar-refractivity contribution >= 4 is 0 Å². The Balaban J connectivity index is 0.000000980. The van der Waals surface area contributed by atoms with Gasteiger partial charge in [0.1, 0.15) is 0 Å². The second-order valence-corrected chi connectivity index (χ2v) is 3.09. The minimum absolute atomic E-state index is 0. The number of rotatable bonds is 1. The molecule has 2 aromatic rings. The number of aromatic nitrogens is 2. The van der Waals surface area contributed by atoms with Gasteiger partial charge in [0.2, 0.25) is 0 Å². The molecule has 14 heavy (non-hydrogen) atoms. The maximum absolute atomic E-state index is 4.37. The topological polar surface area (TPSA) is 17.8 Å². The van der Waals surface area contributed by atoms with E-state index in [1.54, 1.807) is 0 Å². The Morgan fingerprint density at radius 3 is 2.57 bits per heavy atom. The fourth-order valence-electron chi connectivity index (χ4n) is 1.20. The molecule has 0 saturated heterocycles. The van der Waals surface area contributed by atoms with Gasteiger partial charge in [-0.2, -0.15) is 29.4 Å². The molecule has 2 nitrogen and oxygen atoms in total. The molecule has 1 heterocycles. The standard InChI is InChI=1S/C11H11N2.Pt/c1-9-8-13(12-10(9)2)11-6-4-3-5-7-11;/h3-6,8H,1-2H3;/q-1;. The van der Waals surface area contributed by atoms with Gasteiger partial charge in [-0.3, -0.25) is 4.68 Å². The van der Waals surface area contributed by atoms with Crippen molar-refractivity contribution in [2.45, 2.75) is 13.8 Å². The molecule has 1 aromatic carbocycles. The first-order chi connectivity index (χ1) is 6.27. The number of para-hydroxylation sites is 1. The van der Waals surface area contributed by atoms with Gasteiger partial charge in [-0.05, 0) is 25.1 Å². The van der Waals surface area contributed by atoms with Gasteiger partial charge < -0.3 is 0 Å². The van der Waals surface area contributed by atoms with Crippen molar-refractivity contribution in [3.63, 3.8) is 0 Å². The van der Waals surface area contributed by atoms with E-state index >= 15 is 0 Å². The van der Waals surface area contributed by atoms with Crippen LogP contribution in [0.5, 0.6) is 0 Å². The summed E-state index contributed by atoms with van der Waals surface area (Å²) in [5.74, 6) is 0. The zero-order valence-electron chi connectivity index (χ0n) is 8.10. The molecule has 0 unspecified atom stereocenters. The van der Waals surface area contributed by atoms with E-state index in [9.17, 15) is 0 Å². The summed E-state index contributed by atoms with van der Waals surface area (Å²) >= 11 is 0. The predicted octanol–water partition coefficient (Wildman–Crippen LogP) is 2.29. The van der Waals surface area contributed by atoms with Gasteiger partial charge in [-0.15, -0.1) is 6.07 Å². The largest absolute Gasteiger partial charge is 0.265 e. The van der Waals surface area contributed by atoms with Crippen LogP contribution >= 0.6 is 0 Å². The first-order valence-electron chi connectivity index (χ1n) is 4.27. The Kier molecular flexibility index (Phi) is 3.65. The van der Waals surface area contributed by atoms with Crippen LogP contribution in [0.2, 0.25) is 0 Å². The fraction of sp³-hybridized carbons (Fsp3) is 0.182. The third-order valence-corrected chi connectivity index (χ3v) is 2.08. The average molecular weight is 366 g/mol. The van der Waals surface area contributed by atoms with Crippen LogP contribution < -0.4 is 0 Å². The molecule has 0 fully saturated rings. The molecule has 0 amide bonds. The molecule has 1 aromatic heterocycles. The van der Waals surface area contributed by atoms with Crippen molar-refractivity contribution < 1.29 is 21.1 Å². The molecule has 76 valence electrons. The van der Waals surface area contributed by atoms with Gasteiger partial charge in [-0.1, -0.05) is 0 Å². The summed E-state index contributed by atoms with van der Waals surface area (Å²) in [6, 6.07) is 10.9. The summed E-state index contributed by atoms with van der Waals surface area (Å²) in [5, 5.41) is 4.37. The van der Waals surface area contributed by atoms with Crippen molar-refractivity contribution in [3.05, 3.63) is 47.8 Å². The van der Waals surface area contributed by atoms with Crippen LogP contribution in [0.4, 0.5) is 0 Å². The Hall–Kier alpha value is -0.882. The number of benzene rings is 1. The van der Waals surface area contributed by atoms with E-state index in [0.29, 0.717) is 0 Å². The van der Waals surface area contributed by atoms with Gasteiger partial charge in [-0.25, -0.2) is 0 Å². The second kappa shape index (κ2) is 4.56. The molecule has 0 saturated carbocycles. The SMILES string of the molecule is Cc1cn(-c2[c-]cccc2)nc1C.[Pt]. The third kappa shape index (κ3) is 2.13. The fourth-order valence-corrected chi connectivity index (χ4v) is 1.20. The van der Waals surface area contributed by atoms with Gasteiger partial charge in [0.15, 0.2) is 0 Å². The molecule has 0 N–H and O–H groups in total. The molecule has 0 radical (unpaired) electrons. The van der Waals surface area contributed by atoms with Gasteiger partial charge >= 0.3 is 0 Å². The van der Waals surface area contributed by atoms with Gasteiger partial charge in [0, 0.05) is 27.3 Å². The summed E-state index contributed by atoms with van der Waals surface area (Å²) in [6.07, 6.45) is 2.02. The molecule has 3 heteroatoms. The monoisotopic (exact) mass is 366 g/mol. The Morgan fingerprint density at radius 1 is 1.29 bits per heavy atom. The van der Waals surface area contributed by atoms with E-state index in [1.165, 1.54) is 5.56 Å². The molecular formula is C11H11N2Pt-. The van der Waals surface area contributed by atoms with Gasteiger partial charge in [0.05, 0.1) is 5.69 Å². The summed E-state index contributed by atoms with van der Waals surface area (Å²) in [7, 11) is 0. The van der Waals surface area contributed by atoms with Crippen LogP contribution in [0.3, 0.4) is 0 Å². The summed E-state index contributed by atoms with van der Waals surface area (Å²) in [5.41, 5.74) is 3.26. The Labute approximate surface area is 98.2 Å². The maximum Gasteiger partial charge on any atom is 0.0626 e. The summed E-state index contributed by atoms with van der Waals surface area (Å²) in [4.78, 5) is 0. The number of nitrogens with zero attached hydrogens (tertiary/aromatic N) is 2. The third-order valence-electron chi connectivity index (χ3n) is 2.08. The van der Waals surface area contributed by atoms with E-state index < -0.39 is 0 Å². The van der Waals surface area contributed by atoms with Crippen molar-refractivity contribution in [1.82, 2.24) is 9.78 Å². The van der Waals surface area contributed by atoms with Crippen LogP contribution in [-0.2, 0) is 21.1 Å². The molecule has 0 aliphatic heterocycles. The quantitative estimate of drug-likeness (QED) is 0.709. The molecule has 0 aliphatic carbocycles. The molecule has 0 atom stereocenters. The van der Waals surface area contributed by atoms with Crippen molar-refractivity contribution in [3.8, 4) is 5.69 Å². The number of hydrogen-bond donors (Lipinski definition) is 0. The normalized spacial score (nSPS) is 9.57. The summed E-state index contributed by atoms with van der Waals surface area (Å²) in [6.45, 7) is 4.07. The first-order valence-corrected chi connectivity index (χ1v) is 4.27. The minimum Gasteiger partial charge on any atom is -0.265 e. The maximum atomic E-state index is 4.37. The van der Waals surface area contributed by atoms with Crippen LogP contribution in [0.25, 0.3) is 5.69 Å². The molecule has 2 rings (SSSR count). The van der Waals surface area contributed by atoms with Gasteiger partial charge in [0.25, 0.3) is 0 Å². The van der Waals surface area contributed by atoms with E-state index in [4.69, 9.17) is 0 Å². The molecule has 0 spiro atoms. The average Bonchev–Trinajstić information content (AvgIpc) is 2.49. The molecular weight excluding hydrogens is 355 g/mol. The van der Waals surface area contributed by atoms with Crippen LogP contribution in [0, 0.1) is 19.9 Å². The smallest absolute Gasteiger partial charge is 0.0626 e. The molecule has 0 bridgehead atoms. The minimum atomic E-state index is 0. The summed E-state index contributed by atoms with van der Waals surface area (Å²) < 4.78 is 1.85. The van der Waals surface area contributed by atoms with E-state index in [0.717, 1.165) is 11.4 Å².